The SMILES string of the molecule is CCCCCCCCc1ccc(CCC(CO)CO[PH+]=O)cc1. The molecule has 0 saturated heterocycles. The van der Waals surface area contributed by atoms with E-state index in [0.29, 0.717) is 6.61 Å². The number of unbranched alkanes of at least 4 members (excludes halogenated alkanes) is 5. The highest BCUT2D eigenvalue weighted by molar-refractivity contribution is 7.17. The van der Waals surface area contributed by atoms with Gasteiger partial charge in [0.2, 0.25) is 0 Å². The molecule has 2 atom stereocenters. The molecule has 0 aliphatic heterocycles. The Kier molecular flexibility index (Phi) is 12.0. The van der Waals surface area contributed by atoms with E-state index in [9.17, 15) is 9.67 Å². The van der Waals surface area contributed by atoms with E-state index in [1.165, 1.54) is 56.1 Å². The van der Waals surface area contributed by atoms with Crippen molar-refractivity contribution in [1.82, 2.24) is 0 Å². The molecular formula is C19H32O3P+. The Morgan fingerprint density at radius 1 is 1.00 bits per heavy atom. The molecule has 0 radical (unpaired) electrons. The van der Waals surface area contributed by atoms with Crippen LogP contribution < -0.4 is 0 Å². The maximum atomic E-state index is 10.3. The Morgan fingerprint density at radius 3 is 2.22 bits per heavy atom. The van der Waals surface area contributed by atoms with Crippen molar-refractivity contribution >= 4 is 8.69 Å². The molecule has 0 heterocycles. The zero-order chi connectivity index (χ0) is 16.8. The highest BCUT2D eigenvalue weighted by Gasteiger charge is 2.10. The number of aliphatic hydroxyl groups excluding tert-OH is 1. The molecule has 1 aromatic rings. The lowest BCUT2D eigenvalue weighted by Gasteiger charge is -2.10. The second-order valence-electron chi connectivity index (χ2n) is 6.32. The third-order valence-electron chi connectivity index (χ3n) is 4.32. The standard InChI is InChI=1S/C19H32O3P/c1-2-3-4-5-6-7-8-17-9-11-18(12-10-17)13-14-19(15-20)16-22-23-21/h9-12,19-20,23H,2-8,13-16H2,1H3/q+1. The molecule has 0 saturated carbocycles. The van der Waals surface area contributed by atoms with Gasteiger partial charge in [0.05, 0.1) is 0 Å². The van der Waals surface area contributed by atoms with E-state index < -0.39 is 8.69 Å². The quantitative estimate of drug-likeness (QED) is 0.379. The summed E-state index contributed by atoms with van der Waals surface area (Å²) in [6, 6.07) is 8.84. The number of hydrogen-bond donors (Lipinski definition) is 1. The van der Waals surface area contributed by atoms with Crippen molar-refractivity contribution in [2.45, 2.75) is 64.7 Å². The van der Waals surface area contributed by atoms with Gasteiger partial charge in [0.1, 0.15) is 6.61 Å². The zero-order valence-corrected chi connectivity index (χ0v) is 15.4. The lowest BCUT2D eigenvalue weighted by molar-refractivity contribution is 0.164. The van der Waals surface area contributed by atoms with Crippen molar-refractivity contribution in [3.05, 3.63) is 35.4 Å². The van der Waals surface area contributed by atoms with Gasteiger partial charge in [-0.3, -0.25) is 0 Å². The molecule has 4 heteroatoms. The van der Waals surface area contributed by atoms with Gasteiger partial charge in [0.15, 0.2) is 0 Å². The summed E-state index contributed by atoms with van der Waals surface area (Å²) in [4.78, 5) is 0. The molecule has 0 spiro atoms. The van der Waals surface area contributed by atoms with Crippen LogP contribution in [-0.4, -0.2) is 18.3 Å². The van der Waals surface area contributed by atoms with E-state index in [-0.39, 0.29) is 12.5 Å². The van der Waals surface area contributed by atoms with Crippen LogP contribution in [0.5, 0.6) is 0 Å². The molecule has 1 rings (SSSR count). The largest absolute Gasteiger partial charge is 0.494 e. The van der Waals surface area contributed by atoms with Gasteiger partial charge in [-0.05, 0) is 41.4 Å². The number of aryl methyl sites for hydroxylation is 2. The van der Waals surface area contributed by atoms with Crippen molar-refractivity contribution in [2.24, 2.45) is 5.92 Å². The Bertz CT molecular complexity index is 406. The predicted molar refractivity (Wildman–Crippen MR) is 97.4 cm³/mol. The van der Waals surface area contributed by atoms with Gasteiger partial charge in [0.25, 0.3) is 0 Å². The van der Waals surface area contributed by atoms with Crippen molar-refractivity contribution in [2.75, 3.05) is 13.2 Å². The Hall–Kier alpha value is -0.760. The van der Waals surface area contributed by atoms with Crippen molar-refractivity contribution in [1.29, 1.82) is 0 Å². The van der Waals surface area contributed by atoms with Gasteiger partial charge in [-0.15, -0.1) is 4.52 Å². The average molecular weight is 339 g/mol. The van der Waals surface area contributed by atoms with Gasteiger partial charge in [-0.25, -0.2) is 0 Å². The minimum absolute atomic E-state index is 0.0687. The number of aliphatic hydroxyl groups is 1. The van der Waals surface area contributed by atoms with Crippen LogP contribution >= 0.6 is 8.69 Å². The average Bonchev–Trinajstić information content (AvgIpc) is 2.59. The second kappa shape index (κ2) is 13.7. The van der Waals surface area contributed by atoms with Gasteiger partial charge in [-0.2, -0.15) is 0 Å². The molecule has 23 heavy (non-hydrogen) atoms. The number of benzene rings is 1. The maximum absolute atomic E-state index is 10.3. The fourth-order valence-corrected chi connectivity index (χ4v) is 3.04. The van der Waals surface area contributed by atoms with Crippen molar-refractivity contribution in [3.8, 4) is 0 Å². The van der Waals surface area contributed by atoms with E-state index in [1.807, 2.05) is 0 Å². The highest BCUT2D eigenvalue weighted by atomic mass is 31.1. The summed E-state index contributed by atoms with van der Waals surface area (Å²) in [7, 11) is -0.739. The molecular weight excluding hydrogens is 307 g/mol. The topological polar surface area (TPSA) is 46.5 Å². The first-order chi connectivity index (χ1) is 11.3. The smallest absolute Gasteiger partial charge is 0.396 e. The highest BCUT2D eigenvalue weighted by Crippen LogP contribution is 2.15. The van der Waals surface area contributed by atoms with Gasteiger partial charge < -0.3 is 5.11 Å². The van der Waals surface area contributed by atoms with Crippen LogP contribution in [0.15, 0.2) is 24.3 Å². The molecule has 0 aliphatic carbocycles. The molecule has 1 N–H and O–H groups in total. The summed E-state index contributed by atoms with van der Waals surface area (Å²) in [6.45, 7) is 2.71. The summed E-state index contributed by atoms with van der Waals surface area (Å²) in [5, 5.41) is 9.27. The van der Waals surface area contributed by atoms with Crippen LogP contribution in [0.4, 0.5) is 0 Å². The van der Waals surface area contributed by atoms with Crippen LogP contribution in [0.25, 0.3) is 0 Å². The van der Waals surface area contributed by atoms with Gasteiger partial charge in [0, 0.05) is 12.5 Å². The lowest BCUT2D eigenvalue weighted by atomic mass is 9.99. The zero-order valence-electron chi connectivity index (χ0n) is 14.4. The number of rotatable bonds is 14. The molecule has 0 aromatic heterocycles. The van der Waals surface area contributed by atoms with Crippen LogP contribution in [0.3, 0.4) is 0 Å². The van der Waals surface area contributed by atoms with Gasteiger partial charge in [-0.1, -0.05) is 63.3 Å². The molecule has 0 fully saturated rings. The number of hydrogen-bond acceptors (Lipinski definition) is 3. The second-order valence-corrected chi connectivity index (χ2v) is 6.77. The summed E-state index contributed by atoms with van der Waals surface area (Å²) < 4.78 is 15.2. The Labute approximate surface area is 142 Å². The first-order valence-corrected chi connectivity index (χ1v) is 9.79. The van der Waals surface area contributed by atoms with E-state index in [2.05, 4.69) is 31.2 Å². The molecule has 0 bridgehead atoms. The molecule has 3 nitrogen and oxygen atoms in total. The molecule has 130 valence electrons. The van der Waals surface area contributed by atoms with E-state index in [1.54, 1.807) is 0 Å². The summed E-state index contributed by atoms with van der Waals surface area (Å²) in [6.07, 6.45) is 11.0. The fraction of sp³-hybridized carbons (Fsp3) is 0.684. The molecule has 0 amide bonds. The third-order valence-corrected chi connectivity index (χ3v) is 4.60. The van der Waals surface area contributed by atoms with E-state index in [4.69, 9.17) is 4.52 Å². The predicted octanol–water partition coefficient (Wildman–Crippen LogP) is 5.09. The van der Waals surface area contributed by atoms with Gasteiger partial charge >= 0.3 is 8.69 Å². The van der Waals surface area contributed by atoms with E-state index in [0.717, 1.165) is 12.8 Å². The van der Waals surface area contributed by atoms with Crippen molar-refractivity contribution < 1.29 is 14.2 Å². The normalized spacial score (nSPS) is 12.6. The Morgan fingerprint density at radius 2 is 1.61 bits per heavy atom. The first kappa shape index (κ1) is 20.3. The molecule has 0 aliphatic rings. The monoisotopic (exact) mass is 339 g/mol. The first-order valence-electron chi connectivity index (χ1n) is 8.97. The third kappa shape index (κ3) is 9.86. The minimum Gasteiger partial charge on any atom is -0.396 e. The molecule has 2 unspecified atom stereocenters. The Balaban J connectivity index is 2.23. The van der Waals surface area contributed by atoms with Crippen LogP contribution in [0.2, 0.25) is 0 Å². The summed E-state index contributed by atoms with van der Waals surface area (Å²) >= 11 is 0. The van der Waals surface area contributed by atoms with E-state index >= 15 is 0 Å². The maximum Gasteiger partial charge on any atom is 0.494 e. The van der Waals surface area contributed by atoms with Crippen LogP contribution in [0.1, 0.15) is 63.0 Å². The molecule has 1 aromatic carbocycles. The minimum atomic E-state index is -0.739. The lowest BCUT2D eigenvalue weighted by Crippen LogP contribution is -2.12. The van der Waals surface area contributed by atoms with Crippen molar-refractivity contribution in [3.63, 3.8) is 0 Å². The fourth-order valence-electron chi connectivity index (χ4n) is 2.73. The van der Waals surface area contributed by atoms with Crippen LogP contribution in [-0.2, 0) is 21.9 Å². The summed E-state index contributed by atoms with van der Waals surface area (Å²) in [5.74, 6) is 0.0687. The van der Waals surface area contributed by atoms with Crippen LogP contribution in [0, 0.1) is 5.92 Å². The summed E-state index contributed by atoms with van der Waals surface area (Å²) in [5.41, 5.74) is 2.71.